The van der Waals surface area contributed by atoms with Crippen molar-refractivity contribution in [3.8, 4) is 6.07 Å². The lowest BCUT2D eigenvalue weighted by Crippen LogP contribution is -2.46. The Balaban J connectivity index is 1.98. The zero-order valence-corrected chi connectivity index (χ0v) is 12.4. The second-order valence-corrected chi connectivity index (χ2v) is 7.04. The number of rotatable bonds is 4. The Labute approximate surface area is 120 Å². The quantitative estimate of drug-likeness (QED) is 0.901. The first kappa shape index (κ1) is 15.0. The number of nitrogens with zero attached hydrogens (tertiary/aromatic N) is 2. The Bertz CT molecular complexity index is 590. The third-order valence-electron chi connectivity index (χ3n) is 3.41. The molecule has 1 heterocycles. The van der Waals surface area contributed by atoms with E-state index in [1.165, 1.54) is 0 Å². The summed E-state index contributed by atoms with van der Waals surface area (Å²) in [5.41, 5.74) is 1.23. The van der Waals surface area contributed by atoms with E-state index in [1.54, 1.807) is 24.3 Å². The van der Waals surface area contributed by atoms with Gasteiger partial charge < -0.3 is 4.90 Å². The van der Waals surface area contributed by atoms with Gasteiger partial charge in [-0.1, -0.05) is 12.1 Å². The van der Waals surface area contributed by atoms with Gasteiger partial charge in [0.25, 0.3) is 0 Å². The van der Waals surface area contributed by atoms with Crippen LogP contribution in [-0.2, 0) is 15.8 Å². The van der Waals surface area contributed by atoms with Gasteiger partial charge in [0, 0.05) is 12.6 Å². The maximum Gasteiger partial charge on any atom is 0.216 e. The van der Waals surface area contributed by atoms with Gasteiger partial charge >= 0.3 is 0 Å². The van der Waals surface area contributed by atoms with Gasteiger partial charge in [-0.25, -0.2) is 13.1 Å². The molecule has 1 aromatic rings. The van der Waals surface area contributed by atoms with E-state index in [4.69, 9.17) is 5.26 Å². The Morgan fingerprint density at radius 1 is 1.40 bits per heavy atom. The smallest absolute Gasteiger partial charge is 0.216 e. The molecule has 5 nitrogen and oxygen atoms in total. The number of hydrogen-bond acceptors (Lipinski definition) is 4. The molecule has 1 N–H and O–H groups in total. The summed E-state index contributed by atoms with van der Waals surface area (Å²) in [6, 6.07) is 8.66. The van der Waals surface area contributed by atoms with Crippen LogP contribution in [0.15, 0.2) is 24.3 Å². The maximum absolute atomic E-state index is 12.1. The van der Waals surface area contributed by atoms with Crippen molar-refractivity contribution in [1.82, 2.24) is 9.62 Å². The topological polar surface area (TPSA) is 73.2 Å². The molecule has 1 saturated heterocycles. The highest BCUT2D eigenvalue weighted by Crippen LogP contribution is 2.12. The molecule has 108 valence electrons. The molecule has 1 atom stereocenters. The van der Waals surface area contributed by atoms with Crippen LogP contribution in [-0.4, -0.2) is 39.5 Å². The average Bonchev–Trinajstić information content (AvgIpc) is 2.38. The Morgan fingerprint density at radius 2 is 2.10 bits per heavy atom. The molecule has 0 bridgehead atoms. The van der Waals surface area contributed by atoms with E-state index >= 15 is 0 Å². The number of nitrogens with one attached hydrogen (secondary N) is 1. The van der Waals surface area contributed by atoms with Crippen LogP contribution in [0.5, 0.6) is 0 Å². The molecule has 0 spiro atoms. The second-order valence-electron chi connectivity index (χ2n) is 5.29. The molecular formula is C14H19N3O2S. The zero-order valence-electron chi connectivity index (χ0n) is 11.5. The molecule has 1 aliphatic heterocycles. The first-order valence-electron chi connectivity index (χ1n) is 6.66. The number of likely N-dealkylation sites (N-methyl/N-ethyl adjacent to an activating group) is 1. The average molecular weight is 293 g/mol. The molecule has 6 heteroatoms. The zero-order chi connectivity index (χ0) is 14.6. The highest BCUT2D eigenvalue weighted by atomic mass is 32.2. The Kier molecular flexibility index (Phi) is 4.76. The summed E-state index contributed by atoms with van der Waals surface area (Å²) >= 11 is 0. The van der Waals surface area contributed by atoms with Gasteiger partial charge in [-0.2, -0.15) is 5.26 Å². The molecule has 1 aromatic carbocycles. The van der Waals surface area contributed by atoms with Crippen LogP contribution >= 0.6 is 0 Å². The SMILES string of the molecule is CN1CCCC(NS(=O)(=O)Cc2ccc(C#N)cc2)C1. The fraction of sp³-hybridized carbons (Fsp3) is 0.500. The molecular weight excluding hydrogens is 274 g/mol. The number of hydrogen-bond donors (Lipinski definition) is 1. The molecule has 0 amide bonds. The lowest BCUT2D eigenvalue weighted by Gasteiger charge is -2.29. The summed E-state index contributed by atoms with van der Waals surface area (Å²) in [6.07, 6.45) is 1.90. The van der Waals surface area contributed by atoms with Crippen molar-refractivity contribution in [3.63, 3.8) is 0 Å². The second kappa shape index (κ2) is 6.35. The van der Waals surface area contributed by atoms with E-state index in [0.29, 0.717) is 11.1 Å². The van der Waals surface area contributed by atoms with Gasteiger partial charge in [0.2, 0.25) is 10.0 Å². The molecule has 20 heavy (non-hydrogen) atoms. The minimum absolute atomic E-state index is 0.00266. The molecule has 0 aliphatic carbocycles. The van der Waals surface area contributed by atoms with Gasteiger partial charge in [0.15, 0.2) is 0 Å². The van der Waals surface area contributed by atoms with Crippen molar-refractivity contribution >= 4 is 10.0 Å². The number of nitriles is 1. The van der Waals surface area contributed by atoms with Gasteiger partial charge in [-0.05, 0) is 44.1 Å². The highest BCUT2D eigenvalue weighted by Gasteiger charge is 2.22. The van der Waals surface area contributed by atoms with Crippen LogP contribution in [0, 0.1) is 11.3 Å². The Morgan fingerprint density at radius 3 is 2.70 bits per heavy atom. The molecule has 0 saturated carbocycles. The van der Waals surface area contributed by atoms with Crippen LogP contribution in [0.4, 0.5) is 0 Å². The lowest BCUT2D eigenvalue weighted by atomic mass is 10.1. The number of benzene rings is 1. The minimum atomic E-state index is -3.34. The van der Waals surface area contributed by atoms with Crippen molar-refractivity contribution in [2.75, 3.05) is 20.1 Å². The van der Waals surface area contributed by atoms with Gasteiger partial charge in [-0.15, -0.1) is 0 Å². The van der Waals surface area contributed by atoms with Crippen molar-refractivity contribution in [2.24, 2.45) is 0 Å². The van der Waals surface area contributed by atoms with Crippen LogP contribution < -0.4 is 4.72 Å². The molecule has 0 radical (unpaired) electrons. The van der Waals surface area contributed by atoms with Gasteiger partial charge in [0.05, 0.1) is 17.4 Å². The summed E-state index contributed by atoms with van der Waals surface area (Å²) in [7, 11) is -1.34. The Hall–Kier alpha value is -1.42. The van der Waals surface area contributed by atoms with Gasteiger partial charge in [0.1, 0.15) is 0 Å². The number of sulfonamides is 1. The van der Waals surface area contributed by atoms with Crippen molar-refractivity contribution in [3.05, 3.63) is 35.4 Å². The third kappa shape index (κ3) is 4.30. The van der Waals surface area contributed by atoms with E-state index in [1.807, 2.05) is 13.1 Å². The van der Waals surface area contributed by atoms with E-state index in [0.717, 1.165) is 25.9 Å². The van der Waals surface area contributed by atoms with Crippen LogP contribution in [0.3, 0.4) is 0 Å². The van der Waals surface area contributed by atoms with Crippen LogP contribution in [0.2, 0.25) is 0 Å². The van der Waals surface area contributed by atoms with E-state index in [9.17, 15) is 8.42 Å². The molecule has 1 aliphatic rings. The highest BCUT2D eigenvalue weighted by molar-refractivity contribution is 7.88. The first-order valence-corrected chi connectivity index (χ1v) is 8.31. The number of likely N-dealkylation sites (tertiary alicyclic amines) is 1. The largest absolute Gasteiger partial charge is 0.305 e. The standard InChI is InChI=1S/C14H19N3O2S/c1-17-8-2-3-14(10-17)16-20(18,19)11-13-6-4-12(9-15)5-7-13/h4-7,14,16H,2-3,8,10-11H2,1H3. The summed E-state index contributed by atoms with van der Waals surface area (Å²) in [5, 5.41) is 8.72. The van der Waals surface area contributed by atoms with E-state index in [-0.39, 0.29) is 11.8 Å². The van der Waals surface area contributed by atoms with Crippen LogP contribution in [0.1, 0.15) is 24.0 Å². The molecule has 2 rings (SSSR count). The third-order valence-corrected chi connectivity index (χ3v) is 4.82. The summed E-state index contributed by atoms with van der Waals surface area (Å²) < 4.78 is 27.0. The predicted molar refractivity (Wildman–Crippen MR) is 77.4 cm³/mol. The van der Waals surface area contributed by atoms with Crippen molar-refractivity contribution in [2.45, 2.75) is 24.6 Å². The number of piperidine rings is 1. The molecule has 0 aromatic heterocycles. The van der Waals surface area contributed by atoms with Crippen molar-refractivity contribution < 1.29 is 8.42 Å². The van der Waals surface area contributed by atoms with Crippen LogP contribution in [0.25, 0.3) is 0 Å². The van der Waals surface area contributed by atoms with Gasteiger partial charge in [-0.3, -0.25) is 0 Å². The van der Waals surface area contributed by atoms with E-state index < -0.39 is 10.0 Å². The molecule has 1 fully saturated rings. The summed E-state index contributed by atoms with van der Waals surface area (Å²) in [6.45, 7) is 1.78. The maximum atomic E-state index is 12.1. The lowest BCUT2D eigenvalue weighted by molar-refractivity contribution is 0.242. The molecule has 1 unspecified atom stereocenters. The predicted octanol–water partition coefficient (Wildman–Crippen LogP) is 1.07. The fourth-order valence-corrected chi connectivity index (χ4v) is 3.87. The van der Waals surface area contributed by atoms with Crippen molar-refractivity contribution in [1.29, 1.82) is 5.26 Å². The first-order chi connectivity index (χ1) is 9.48. The summed E-state index contributed by atoms with van der Waals surface area (Å²) in [4.78, 5) is 2.14. The monoisotopic (exact) mass is 293 g/mol. The van der Waals surface area contributed by atoms with E-state index in [2.05, 4.69) is 9.62 Å². The normalized spacial score (nSPS) is 20.5. The fourth-order valence-electron chi connectivity index (χ4n) is 2.45. The summed E-state index contributed by atoms with van der Waals surface area (Å²) in [5.74, 6) is -0.0427. The minimum Gasteiger partial charge on any atom is -0.305 e.